The molecule has 0 saturated heterocycles. The van der Waals surface area contributed by atoms with E-state index in [2.05, 4.69) is 40.7 Å². The van der Waals surface area contributed by atoms with Crippen molar-refractivity contribution in [2.24, 2.45) is 0 Å². The average Bonchev–Trinajstić information content (AvgIpc) is 3.17. The monoisotopic (exact) mass is 538 g/mol. The van der Waals surface area contributed by atoms with E-state index in [1.165, 1.54) is 47.1 Å². The molecular formula is C29H36N3O7+. The summed E-state index contributed by atoms with van der Waals surface area (Å²) in [5, 5.41) is 1.22. The number of fused-ring (bicyclic) bond motifs is 3. The Hall–Kier alpha value is -3.92. The summed E-state index contributed by atoms with van der Waals surface area (Å²) >= 11 is 0. The minimum atomic E-state index is -1.37. The van der Waals surface area contributed by atoms with Crippen LogP contribution < -0.4 is 0 Å². The van der Waals surface area contributed by atoms with Gasteiger partial charge in [-0.1, -0.05) is 17.7 Å². The standard InChI is InChI=1S/C29H36N3O7/c1-19-6-9-26-24(14-19)25-16-32(5,18-37-29(35)39-28(38-22(4)34)17-36-21(3)33)13-11-27(25)31(26)12-10-23-8-7-20(2)30-15-23/h6-9,14-15,28H,10-13,16-18H2,1-5H3/q+1. The highest BCUT2D eigenvalue weighted by Crippen LogP contribution is 2.34. The minimum Gasteiger partial charge on any atom is -0.458 e. The van der Waals surface area contributed by atoms with Gasteiger partial charge in [0, 0.05) is 60.9 Å². The Kier molecular flexibility index (Phi) is 8.54. The van der Waals surface area contributed by atoms with Gasteiger partial charge in [0.15, 0.2) is 6.61 Å². The first kappa shape index (κ1) is 28.1. The number of pyridine rings is 1. The lowest BCUT2D eigenvalue weighted by molar-refractivity contribution is -0.940. The lowest BCUT2D eigenvalue weighted by Gasteiger charge is -2.37. The van der Waals surface area contributed by atoms with Gasteiger partial charge in [-0.15, -0.1) is 0 Å². The van der Waals surface area contributed by atoms with Crippen molar-refractivity contribution in [1.82, 2.24) is 9.55 Å². The molecule has 3 aromatic rings. The minimum absolute atomic E-state index is 0.0756. The highest BCUT2D eigenvalue weighted by Gasteiger charge is 2.34. The van der Waals surface area contributed by atoms with Gasteiger partial charge in [0.25, 0.3) is 6.29 Å². The number of carbonyl (C=O) groups excluding carboxylic acids is 3. The summed E-state index contributed by atoms with van der Waals surface area (Å²) in [5.74, 6) is -1.26. The van der Waals surface area contributed by atoms with E-state index in [9.17, 15) is 14.4 Å². The van der Waals surface area contributed by atoms with E-state index in [4.69, 9.17) is 18.9 Å². The number of rotatable bonds is 9. The van der Waals surface area contributed by atoms with Crippen LogP contribution in [0.5, 0.6) is 0 Å². The van der Waals surface area contributed by atoms with Crippen LogP contribution in [0.15, 0.2) is 36.5 Å². The van der Waals surface area contributed by atoms with E-state index in [0.717, 1.165) is 31.6 Å². The van der Waals surface area contributed by atoms with Crippen molar-refractivity contribution in [1.29, 1.82) is 0 Å². The molecule has 10 heteroatoms. The van der Waals surface area contributed by atoms with E-state index >= 15 is 0 Å². The van der Waals surface area contributed by atoms with Crippen LogP contribution in [0, 0.1) is 13.8 Å². The van der Waals surface area contributed by atoms with Crippen LogP contribution in [0.2, 0.25) is 0 Å². The molecule has 0 aliphatic carbocycles. The fraction of sp³-hybridized carbons (Fsp3) is 0.448. The van der Waals surface area contributed by atoms with Crippen LogP contribution in [0.4, 0.5) is 4.79 Å². The molecule has 2 unspecified atom stereocenters. The molecule has 208 valence electrons. The lowest BCUT2D eigenvalue weighted by Crippen LogP contribution is -2.49. The summed E-state index contributed by atoms with van der Waals surface area (Å²) in [5.41, 5.74) is 7.17. The molecule has 1 aliphatic heterocycles. The Morgan fingerprint density at radius 2 is 1.85 bits per heavy atom. The van der Waals surface area contributed by atoms with Gasteiger partial charge in [0.2, 0.25) is 6.73 Å². The second-order valence-electron chi connectivity index (χ2n) is 10.4. The molecule has 2 atom stereocenters. The van der Waals surface area contributed by atoms with Crippen LogP contribution in [-0.4, -0.2) is 65.3 Å². The predicted molar refractivity (Wildman–Crippen MR) is 142 cm³/mol. The molecule has 0 bridgehead atoms. The van der Waals surface area contributed by atoms with Gasteiger partial charge in [-0.2, -0.15) is 0 Å². The predicted octanol–water partition coefficient (Wildman–Crippen LogP) is 3.96. The van der Waals surface area contributed by atoms with Crippen molar-refractivity contribution in [2.75, 3.05) is 26.9 Å². The average molecular weight is 539 g/mol. The number of benzene rings is 1. The zero-order chi connectivity index (χ0) is 28.2. The van der Waals surface area contributed by atoms with E-state index in [-0.39, 0.29) is 6.73 Å². The zero-order valence-corrected chi connectivity index (χ0v) is 23.2. The van der Waals surface area contributed by atoms with Gasteiger partial charge in [-0.05, 0) is 44.0 Å². The van der Waals surface area contributed by atoms with Crippen molar-refractivity contribution < 1.29 is 37.8 Å². The second-order valence-corrected chi connectivity index (χ2v) is 10.4. The summed E-state index contributed by atoms with van der Waals surface area (Å²) in [7, 11) is 2.04. The number of aromatic nitrogens is 2. The van der Waals surface area contributed by atoms with Crippen LogP contribution in [0.3, 0.4) is 0 Å². The molecule has 39 heavy (non-hydrogen) atoms. The highest BCUT2D eigenvalue weighted by molar-refractivity contribution is 5.86. The molecule has 0 fully saturated rings. The number of aryl methyl sites for hydroxylation is 4. The molecule has 1 aliphatic rings. The maximum absolute atomic E-state index is 12.4. The molecule has 1 aromatic carbocycles. The first-order chi connectivity index (χ1) is 18.5. The fourth-order valence-corrected chi connectivity index (χ4v) is 4.95. The van der Waals surface area contributed by atoms with Crippen LogP contribution in [0.25, 0.3) is 10.9 Å². The summed E-state index contributed by atoms with van der Waals surface area (Å²) in [4.78, 5) is 39.3. The Morgan fingerprint density at radius 1 is 1.05 bits per heavy atom. The maximum atomic E-state index is 12.4. The third-order valence-electron chi connectivity index (χ3n) is 6.91. The quantitative estimate of drug-likeness (QED) is 0.174. The summed E-state index contributed by atoms with van der Waals surface area (Å²) in [6.45, 7) is 8.42. The van der Waals surface area contributed by atoms with Gasteiger partial charge in [0.05, 0.1) is 13.6 Å². The third kappa shape index (κ3) is 7.14. The van der Waals surface area contributed by atoms with Crippen molar-refractivity contribution >= 4 is 29.0 Å². The Labute approximate surface area is 228 Å². The van der Waals surface area contributed by atoms with Crippen LogP contribution in [-0.2, 0) is 54.5 Å². The second kappa shape index (κ2) is 11.9. The van der Waals surface area contributed by atoms with Gasteiger partial charge in [-0.3, -0.25) is 19.1 Å². The first-order valence-corrected chi connectivity index (χ1v) is 13.0. The molecular weight excluding hydrogens is 502 g/mol. The Bertz CT molecular complexity index is 1370. The Balaban J connectivity index is 1.47. The van der Waals surface area contributed by atoms with Crippen LogP contribution >= 0.6 is 0 Å². The SMILES string of the molecule is CC(=O)OCC(OC(C)=O)OC(=O)OC[N+]1(C)CCc2c(c3cc(C)ccc3n2CCc2ccc(C)nc2)C1. The van der Waals surface area contributed by atoms with E-state index in [1.807, 2.05) is 26.2 Å². The van der Waals surface area contributed by atoms with Crippen molar-refractivity contribution in [3.63, 3.8) is 0 Å². The zero-order valence-electron chi connectivity index (χ0n) is 23.2. The number of carbonyl (C=O) groups is 3. The van der Waals surface area contributed by atoms with Crippen molar-refractivity contribution in [3.05, 3.63) is 64.6 Å². The smallest absolute Gasteiger partial charge is 0.458 e. The number of nitrogens with zero attached hydrogens (tertiary/aromatic N) is 3. The third-order valence-corrected chi connectivity index (χ3v) is 6.91. The molecule has 0 saturated carbocycles. The van der Waals surface area contributed by atoms with Gasteiger partial charge >= 0.3 is 18.1 Å². The highest BCUT2D eigenvalue weighted by atomic mass is 16.8. The van der Waals surface area contributed by atoms with Gasteiger partial charge in [0.1, 0.15) is 6.54 Å². The number of ether oxygens (including phenoxy) is 4. The summed E-state index contributed by atoms with van der Waals surface area (Å²) in [6.07, 6.45) is 1.28. The largest absolute Gasteiger partial charge is 0.515 e. The number of hydrogen-bond donors (Lipinski definition) is 0. The van der Waals surface area contributed by atoms with Gasteiger partial charge in [-0.25, -0.2) is 4.79 Å². The molecule has 0 spiro atoms. The van der Waals surface area contributed by atoms with Gasteiger partial charge < -0.3 is 23.5 Å². The molecule has 10 nitrogen and oxygen atoms in total. The molecule has 4 rings (SSSR count). The molecule has 3 heterocycles. The number of esters is 2. The van der Waals surface area contributed by atoms with Crippen molar-refractivity contribution in [3.8, 4) is 0 Å². The van der Waals surface area contributed by atoms with Crippen LogP contribution in [0.1, 0.15) is 41.9 Å². The van der Waals surface area contributed by atoms with E-state index in [0.29, 0.717) is 11.0 Å². The number of quaternary nitrogens is 1. The topological polar surface area (TPSA) is 106 Å². The molecule has 2 aromatic heterocycles. The van der Waals surface area contributed by atoms with E-state index in [1.54, 1.807) is 0 Å². The molecule has 0 radical (unpaired) electrons. The molecule has 0 amide bonds. The summed E-state index contributed by atoms with van der Waals surface area (Å²) < 4.78 is 23.1. The lowest BCUT2D eigenvalue weighted by atomic mass is 10.0. The molecule has 0 N–H and O–H groups in total. The summed E-state index contributed by atoms with van der Waals surface area (Å²) in [6, 6.07) is 10.7. The Morgan fingerprint density at radius 3 is 2.54 bits per heavy atom. The first-order valence-electron chi connectivity index (χ1n) is 13.0. The number of likely N-dealkylation sites (N-methyl/N-ethyl adjacent to an activating group) is 1. The maximum Gasteiger partial charge on any atom is 0.515 e. The van der Waals surface area contributed by atoms with Crippen molar-refractivity contribution in [2.45, 2.75) is 59.9 Å². The fourth-order valence-electron chi connectivity index (χ4n) is 4.95. The normalized spacial score (nSPS) is 17.3. The van der Waals surface area contributed by atoms with E-state index < -0.39 is 31.0 Å². The number of hydrogen-bond acceptors (Lipinski definition) is 8.